The Morgan fingerprint density at radius 1 is 1.20 bits per heavy atom. The molecule has 0 saturated heterocycles. The van der Waals surface area contributed by atoms with Gasteiger partial charge in [-0.1, -0.05) is 36.4 Å². The van der Waals surface area contributed by atoms with Crippen molar-refractivity contribution in [2.45, 2.75) is 26.0 Å². The zero-order valence-corrected chi connectivity index (χ0v) is 14.2. The van der Waals surface area contributed by atoms with Gasteiger partial charge in [0.05, 0.1) is 16.1 Å². The van der Waals surface area contributed by atoms with Crippen molar-refractivity contribution in [1.82, 2.24) is 4.90 Å². The van der Waals surface area contributed by atoms with E-state index in [1.54, 1.807) is 13.8 Å². The number of benzene rings is 2. The van der Waals surface area contributed by atoms with Crippen molar-refractivity contribution in [2.75, 3.05) is 12.3 Å². The molecule has 0 aliphatic carbocycles. The SMILES string of the molecule is CC(C)(O)CN(Cc1ccccc1)C(=O)c1cccc([N+](=O)[O-])c1N. The molecule has 0 unspecified atom stereocenters. The number of nitro groups is 1. The molecule has 0 heterocycles. The summed E-state index contributed by atoms with van der Waals surface area (Å²) < 4.78 is 0. The third-order valence-electron chi connectivity index (χ3n) is 3.59. The fourth-order valence-corrected chi connectivity index (χ4v) is 2.54. The average Bonchev–Trinajstić information content (AvgIpc) is 2.53. The summed E-state index contributed by atoms with van der Waals surface area (Å²) in [6.07, 6.45) is 0. The smallest absolute Gasteiger partial charge is 0.292 e. The average molecular weight is 343 g/mol. The van der Waals surface area contributed by atoms with E-state index >= 15 is 0 Å². The predicted octanol–water partition coefficient (Wildman–Crippen LogP) is 2.59. The van der Waals surface area contributed by atoms with Crippen molar-refractivity contribution in [1.29, 1.82) is 0 Å². The largest absolute Gasteiger partial charge is 0.393 e. The summed E-state index contributed by atoms with van der Waals surface area (Å²) in [6.45, 7) is 3.50. The van der Waals surface area contributed by atoms with Crippen LogP contribution in [0.5, 0.6) is 0 Å². The lowest BCUT2D eigenvalue weighted by atomic mass is 10.1. The molecule has 7 heteroatoms. The number of rotatable bonds is 6. The predicted molar refractivity (Wildman–Crippen MR) is 95.0 cm³/mol. The summed E-state index contributed by atoms with van der Waals surface area (Å²) in [5, 5.41) is 21.2. The van der Waals surface area contributed by atoms with Crippen LogP contribution in [0.1, 0.15) is 29.8 Å². The lowest BCUT2D eigenvalue weighted by Crippen LogP contribution is -2.42. The number of carbonyl (C=O) groups excluding carboxylic acids is 1. The second kappa shape index (κ2) is 7.31. The minimum absolute atomic E-state index is 0.0504. The van der Waals surface area contributed by atoms with E-state index in [4.69, 9.17) is 5.73 Å². The van der Waals surface area contributed by atoms with Gasteiger partial charge in [-0.2, -0.15) is 0 Å². The molecular formula is C18H21N3O4. The number of anilines is 1. The van der Waals surface area contributed by atoms with Gasteiger partial charge in [0.25, 0.3) is 11.6 Å². The molecule has 132 valence electrons. The van der Waals surface area contributed by atoms with Crippen molar-refractivity contribution in [3.8, 4) is 0 Å². The summed E-state index contributed by atoms with van der Waals surface area (Å²) in [7, 11) is 0. The van der Waals surface area contributed by atoms with Gasteiger partial charge in [-0.25, -0.2) is 0 Å². The van der Waals surface area contributed by atoms with E-state index in [0.29, 0.717) is 0 Å². The molecule has 0 aromatic heterocycles. The van der Waals surface area contributed by atoms with Gasteiger partial charge >= 0.3 is 0 Å². The van der Waals surface area contributed by atoms with Crippen LogP contribution in [-0.2, 0) is 6.54 Å². The van der Waals surface area contributed by atoms with Crippen LogP contribution in [0.25, 0.3) is 0 Å². The maximum Gasteiger partial charge on any atom is 0.292 e. The van der Waals surface area contributed by atoms with E-state index < -0.39 is 16.4 Å². The molecular weight excluding hydrogens is 322 g/mol. The zero-order chi connectivity index (χ0) is 18.6. The highest BCUT2D eigenvalue weighted by molar-refractivity contribution is 6.01. The third-order valence-corrected chi connectivity index (χ3v) is 3.59. The molecule has 25 heavy (non-hydrogen) atoms. The number of amides is 1. The monoisotopic (exact) mass is 343 g/mol. The summed E-state index contributed by atoms with van der Waals surface area (Å²) in [5.74, 6) is -0.466. The van der Waals surface area contributed by atoms with Crippen LogP contribution in [0.3, 0.4) is 0 Å². The standard InChI is InChI=1S/C18H21N3O4/c1-18(2,23)12-20(11-13-7-4-3-5-8-13)17(22)14-9-6-10-15(16(14)19)21(24)25/h3-10,23H,11-12,19H2,1-2H3. The quantitative estimate of drug-likeness (QED) is 0.476. The number of hydrogen-bond acceptors (Lipinski definition) is 5. The molecule has 3 N–H and O–H groups in total. The molecule has 1 amide bonds. The van der Waals surface area contributed by atoms with Gasteiger partial charge in [-0.05, 0) is 25.5 Å². The first kappa shape index (κ1) is 18.4. The normalized spacial score (nSPS) is 11.2. The first-order valence-electron chi connectivity index (χ1n) is 7.77. The van der Waals surface area contributed by atoms with Gasteiger partial charge < -0.3 is 15.7 Å². The van der Waals surface area contributed by atoms with E-state index in [2.05, 4.69) is 0 Å². The second-order valence-corrected chi connectivity index (χ2v) is 6.45. The summed E-state index contributed by atoms with van der Waals surface area (Å²) >= 11 is 0. The van der Waals surface area contributed by atoms with Crippen LogP contribution < -0.4 is 5.73 Å². The number of nitro benzene ring substituents is 1. The maximum atomic E-state index is 12.9. The van der Waals surface area contributed by atoms with Crippen molar-refractivity contribution in [2.24, 2.45) is 0 Å². The number of nitrogens with zero attached hydrogens (tertiary/aromatic N) is 2. The zero-order valence-electron chi connectivity index (χ0n) is 14.2. The molecule has 0 radical (unpaired) electrons. The van der Waals surface area contributed by atoms with E-state index in [1.165, 1.54) is 23.1 Å². The van der Waals surface area contributed by atoms with Gasteiger partial charge in [-0.3, -0.25) is 14.9 Å². The number of nitrogens with two attached hydrogens (primary N) is 1. The Bertz CT molecular complexity index is 770. The van der Waals surface area contributed by atoms with Gasteiger partial charge in [0.15, 0.2) is 0 Å². The first-order valence-corrected chi connectivity index (χ1v) is 7.77. The van der Waals surface area contributed by atoms with Crippen molar-refractivity contribution >= 4 is 17.3 Å². The summed E-state index contributed by atoms with van der Waals surface area (Å²) in [5.41, 5.74) is 5.15. The fraction of sp³-hybridized carbons (Fsp3) is 0.278. The van der Waals surface area contributed by atoms with E-state index in [1.807, 2.05) is 30.3 Å². The molecule has 2 rings (SSSR count). The summed E-state index contributed by atoms with van der Waals surface area (Å²) in [4.78, 5) is 24.8. The Morgan fingerprint density at radius 2 is 1.84 bits per heavy atom. The number of carbonyl (C=O) groups is 1. The maximum absolute atomic E-state index is 12.9. The Morgan fingerprint density at radius 3 is 2.40 bits per heavy atom. The van der Waals surface area contributed by atoms with E-state index in [-0.39, 0.29) is 30.0 Å². The van der Waals surface area contributed by atoms with Crippen molar-refractivity contribution in [3.05, 3.63) is 69.8 Å². The molecule has 7 nitrogen and oxygen atoms in total. The molecule has 0 saturated carbocycles. The minimum Gasteiger partial charge on any atom is -0.393 e. The van der Waals surface area contributed by atoms with E-state index in [9.17, 15) is 20.0 Å². The number of nitrogen functional groups attached to an aromatic ring is 1. The van der Waals surface area contributed by atoms with Crippen LogP contribution in [0.2, 0.25) is 0 Å². The Labute approximate surface area is 145 Å². The highest BCUT2D eigenvalue weighted by Gasteiger charge is 2.27. The lowest BCUT2D eigenvalue weighted by molar-refractivity contribution is -0.383. The Kier molecular flexibility index (Phi) is 5.38. The first-order chi connectivity index (χ1) is 11.7. The third kappa shape index (κ3) is 4.77. The van der Waals surface area contributed by atoms with Crippen molar-refractivity contribution < 1.29 is 14.8 Å². The lowest BCUT2D eigenvalue weighted by Gasteiger charge is -2.29. The molecule has 0 aliphatic heterocycles. The minimum atomic E-state index is -1.13. The van der Waals surface area contributed by atoms with Gasteiger partial charge in [-0.15, -0.1) is 0 Å². The highest BCUT2D eigenvalue weighted by atomic mass is 16.6. The number of hydrogen-bond donors (Lipinski definition) is 2. The Hall–Kier alpha value is -2.93. The second-order valence-electron chi connectivity index (χ2n) is 6.45. The molecule has 0 atom stereocenters. The molecule has 2 aromatic carbocycles. The van der Waals surface area contributed by atoms with Crippen LogP contribution in [0, 0.1) is 10.1 Å². The number of aliphatic hydroxyl groups is 1. The van der Waals surface area contributed by atoms with Gasteiger partial charge in [0, 0.05) is 19.2 Å². The molecule has 2 aromatic rings. The number of para-hydroxylation sites is 1. The molecule has 0 bridgehead atoms. The van der Waals surface area contributed by atoms with Crippen molar-refractivity contribution in [3.63, 3.8) is 0 Å². The summed E-state index contributed by atoms with van der Waals surface area (Å²) in [6, 6.07) is 13.4. The molecule has 0 aliphatic rings. The van der Waals surface area contributed by atoms with E-state index in [0.717, 1.165) is 5.56 Å². The van der Waals surface area contributed by atoms with Gasteiger partial charge in [0.2, 0.25) is 0 Å². The fourth-order valence-electron chi connectivity index (χ4n) is 2.54. The molecule has 0 fully saturated rings. The highest BCUT2D eigenvalue weighted by Crippen LogP contribution is 2.26. The molecule has 0 spiro atoms. The van der Waals surface area contributed by atoms with Gasteiger partial charge in [0.1, 0.15) is 5.69 Å². The van der Waals surface area contributed by atoms with Crippen LogP contribution in [0.4, 0.5) is 11.4 Å². The van der Waals surface area contributed by atoms with Crippen LogP contribution in [0.15, 0.2) is 48.5 Å². The van der Waals surface area contributed by atoms with Crippen LogP contribution >= 0.6 is 0 Å². The van der Waals surface area contributed by atoms with Crippen LogP contribution in [-0.4, -0.2) is 33.0 Å². The Balaban J connectivity index is 2.38. The topological polar surface area (TPSA) is 110 Å².